The Balaban J connectivity index is 3.59. The van der Waals surface area contributed by atoms with E-state index in [9.17, 15) is 9.59 Å². The molecule has 0 rings (SSSR count). The molecule has 1 unspecified atom stereocenters. The second-order valence-corrected chi connectivity index (χ2v) is 8.98. The number of Topliss-reactive ketones (excluding diaryl/α,β-unsaturated/α-hetero) is 1. The Hall–Kier alpha value is -1.20. The molecule has 0 aromatic carbocycles. The van der Waals surface area contributed by atoms with Gasteiger partial charge in [0.2, 0.25) is 0 Å². The third-order valence-electron chi connectivity index (χ3n) is 5.16. The summed E-state index contributed by atoms with van der Waals surface area (Å²) >= 11 is 0. The van der Waals surface area contributed by atoms with Gasteiger partial charge in [-0.25, -0.2) is 0 Å². The predicted octanol–water partition coefficient (Wildman–Crippen LogP) is 7.31. The lowest BCUT2D eigenvalue weighted by Crippen LogP contribution is -2.28. The zero-order chi connectivity index (χ0) is 23.9. The average Bonchev–Trinajstić information content (AvgIpc) is 2.73. The number of rotatable bonds is 23. The number of ether oxygens (including phenoxy) is 3. The van der Waals surface area contributed by atoms with Gasteiger partial charge in [-0.3, -0.25) is 9.59 Å². The van der Waals surface area contributed by atoms with Gasteiger partial charge in [0.1, 0.15) is 18.8 Å². The van der Waals surface area contributed by atoms with E-state index in [2.05, 4.69) is 19.1 Å². The molecule has 0 fully saturated rings. The summed E-state index contributed by atoms with van der Waals surface area (Å²) in [7, 11) is 0. The molecule has 0 heterocycles. The third kappa shape index (κ3) is 23.5. The monoisotopic (exact) mass is 454 g/mol. The number of hydrogen-bond acceptors (Lipinski definition) is 5. The van der Waals surface area contributed by atoms with E-state index in [1.54, 1.807) is 0 Å². The van der Waals surface area contributed by atoms with E-state index >= 15 is 0 Å². The maximum atomic E-state index is 11.5. The van der Waals surface area contributed by atoms with Crippen molar-refractivity contribution in [3.63, 3.8) is 0 Å². The lowest BCUT2D eigenvalue weighted by atomic mass is 10.1. The number of hydrogen-bond donors (Lipinski definition) is 0. The van der Waals surface area contributed by atoms with Crippen LogP contribution in [0.3, 0.4) is 0 Å². The summed E-state index contributed by atoms with van der Waals surface area (Å²) in [5.74, 6) is -0.739. The lowest BCUT2D eigenvalue weighted by Gasteiger charge is -2.20. The van der Waals surface area contributed by atoms with Gasteiger partial charge < -0.3 is 14.2 Å². The summed E-state index contributed by atoms with van der Waals surface area (Å²) in [6.45, 7) is 8.07. The highest BCUT2D eigenvalue weighted by Gasteiger charge is 2.15. The molecule has 1 atom stereocenters. The molecular formula is C27H50O5. The number of ketones is 1. The van der Waals surface area contributed by atoms with Crippen molar-refractivity contribution in [3.8, 4) is 0 Å². The summed E-state index contributed by atoms with van der Waals surface area (Å²) in [5, 5.41) is 0. The van der Waals surface area contributed by atoms with Gasteiger partial charge in [0.05, 0.1) is 6.10 Å². The molecule has 5 heteroatoms. The van der Waals surface area contributed by atoms with Gasteiger partial charge in [0.15, 0.2) is 6.29 Å². The summed E-state index contributed by atoms with van der Waals surface area (Å²) in [5.41, 5.74) is 0. The van der Waals surface area contributed by atoms with Crippen molar-refractivity contribution < 1.29 is 23.8 Å². The maximum absolute atomic E-state index is 11.5. The van der Waals surface area contributed by atoms with Crippen molar-refractivity contribution in [3.05, 3.63) is 12.2 Å². The maximum Gasteiger partial charge on any atom is 0.313 e. The summed E-state index contributed by atoms with van der Waals surface area (Å²) in [4.78, 5) is 22.5. The summed E-state index contributed by atoms with van der Waals surface area (Å²) < 4.78 is 16.5. The van der Waals surface area contributed by atoms with Crippen molar-refractivity contribution in [2.45, 2.75) is 136 Å². The molecule has 0 spiro atoms. The molecule has 0 saturated carbocycles. The number of allylic oxidation sites excluding steroid dienone is 2. The zero-order valence-corrected chi connectivity index (χ0v) is 21.4. The van der Waals surface area contributed by atoms with Crippen molar-refractivity contribution in [1.29, 1.82) is 0 Å². The van der Waals surface area contributed by atoms with Gasteiger partial charge in [-0.1, -0.05) is 76.9 Å². The van der Waals surface area contributed by atoms with E-state index in [-0.39, 0.29) is 24.9 Å². The Labute approximate surface area is 197 Å². The van der Waals surface area contributed by atoms with Crippen LogP contribution in [-0.4, -0.2) is 37.4 Å². The Morgan fingerprint density at radius 1 is 0.781 bits per heavy atom. The standard InChI is InChI=1S/C27H50O5/c1-5-6-7-8-9-10-11-12-13-14-15-16-17-18-19-20-21-30-27(32-24(2)3)23-31-26(29)22-25(4)28/h12-13,24,27H,5-11,14-23H2,1-4H3. The van der Waals surface area contributed by atoms with Crippen LogP contribution >= 0.6 is 0 Å². The molecule has 0 bridgehead atoms. The van der Waals surface area contributed by atoms with Crippen LogP contribution in [-0.2, 0) is 23.8 Å². The van der Waals surface area contributed by atoms with Crippen molar-refractivity contribution in [2.24, 2.45) is 0 Å². The van der Waals surface area contributed by atoms with Crippen molar-refractivity contribution in [2.75, 3.05) is 13.2 Å². The van der Waals surface area contributed by atoms with Crippen LogP contribution in [0.15, 0.2) is 12.2 Å². The van der Waals surface area contributed by atoms with Crippen LogP contribution in [0, 0.1) is 0 Å². The normalized spacial score (nSPS) is 12.5. The van der Waals surface area contributed by atoms with Gasteiger partial charge >= 0.3 is 5.97 Å². The molecular weight excluding hydrogens is 404 g/mol. The molecule has 0 aliphatic rings. The predicted molar refractivity (Wildman–Crippen MR) is 132 cm³/mol. The van der Waals surface area contributed by atoms with E-state index in [0.29, 0.717) is 6.61 Å². The molecule has 0 N–H and O–H groups in total. The van der Waals surface area contributed by atoms with Gasteiger partial charge in [-0.05, 0) is 52.9 Å². The van der Waals surface area contributed by atoms with Gasteiger partial charge in [-0.15, -0.1) is 0 Å². The smallest absolute Gasteiger partial charge is 0.313 e. The molecule has 0 aliphatic carbocycles. The van der Waals surface area contributed by atoms with E-state index in [0.717, 1.165) is 12.8 Å². The highest BCUT2D eigenvalue weighted by Crippen LogP contribution is 2.11. The molecule has 0 aromatic heterocycles. The zero-order valence-electron chi connectivity index (χ0n) is 21.4. The number of carbonyl (C=O) groups excluding carboxylic acids is 2. The van der Waals surface area contributed by atoms with Gasteiger partial charge in [0.25, 0.3) is 0 Å². The second kappa shape index (κ2) is 23.0. The van der Waals surface area contributed by atoms with E-state index < -0.39 is 12.3 Å². The number of esters is 1. The topological polar surface area (TPSA) is 61.8 Å². The van der Waals surface area contributed by atoms with E-state index in [1.165, 1.54) is 84.0 Å². The lowest BCUT2D eigenvalue weighted by molar-refractivity contribution is -0.195. The Bertz CT molecular complexity index is 473. The minimum absolute atomic E-state index is 0.0219. The van der Waals surface area contributed by atoms with Crippen LogP contribution in [0.4, 0.5) is 0 Å². The van der Waals surface area contributed by atoms with Crippen molar-refractivity contribution >= 4 is 11.8 Å². The largest absolute Gasteiger partial charge is 0.460 e. The molecule has 0 aromatic rings. The van der Waals surface area contributed by atoms with Gasteiger partial charge in [0, 0.05) is 6.61 Å². The molecule has 188 valence electrons. The fraction of sp³-hybridized carbons (Fsp3) is 0.852. The first-order chi connectivity index (χ1) is 15.5. The highest BCUT2D eigenvalue weighted by molar-refractivity contribution is 5.94. The molecule has 0 amide bonds. The molecule has 32 heavy (non-hydrogen) atoms. The molecule has 0 aliphatic heterocycles. The molecule has 0 radical (unpaired) electrons. The van der Waals surface area contributed by atoms with Crippen LogP contribution in [0.5, 0.6) is 0 Å². The molecule has 5 nitrogen and oxygen atoms in total. The minimum atomic E-state index is -0.575. The summed E-state index contributed by atoms with van der Waals surface area (Å²) in [6.07, 6.45) is 21.7. The van der Waals surface area contributed by atoms with E-state index in [4.69, 9.17) is 14.2 Å². The first-order valence-corrected chi connectivity index (χ1v) is 13.0. The second-order valence-electron chi connectivity index (χ2n) is 8.98. The SMILES string of the molecule is CCCCCCCCC=CCCCCCCCCOC(COC(=O)CC(C)=O)OC(C)C. The van der Waals surface area contributed by atoms with Gasteiger partial charge in [-0.2, -0.15) is 0 Å². The quantitative estimate of drug-likeness (QED) is 0.0532. The first-order valence-electron chi connectivity index (χ1n) is 13.0. The van der Waals surface area contributed by atoms with E-state index in [1.807, 2.05) is 13.8 Å². The van der Waals surface area contributed by atoms with Crippen LogP contribution in [0.25, 0.3) is 0 Å². The minimum Gasteiger partial charge on any atom is -0.460 e. The van der Waals surface area contributed by atoms with Crippen LogP contribution in [0.2, 0.25) is 0 Å². The average molecular weight is 455 g/mol. The fourth-order valence-corrected chi connectivity index (χ4v) is 3.41. The highest BCUT2D eigenvalue weighted by atomic mass is 16.7. The van der Waals surface area contributed by atoms with Crippen molar-refractivity contribution in [1.82, 2.24) is 0 Å². The number of carbonyl (C=O) groups is 2. The fourth-order valence-electron chi connectivity index (χ4n) is 3.41. The Kier molecular flexibility index (Phi) is 22.1. The third-order valence-corrected chi connectivity index (χ3v) is 5.16. The Morgan fingerprint density at radius 2 is 1.31 bits per heavy atom. The first kappa shape index (κ1) is 30.8. The van der Waals surface area contributed by atoms with Crippen LogP contribution in [0.1, 0.15) is 124 Å². The molecule has 0 saturated heterocycles. The van der Waals surface area contributed by atoms with Crippen LogP contribution < -0.4 is 0 Å². The summed E-state index contributed by atoms with van der Waals surface area (Å²) in [6, 6.07) is 0. The Morgan fingerprint density at radius 3 is 1.84 bits per heavy atom. The number of unbranched alkanes of at least 4 members (excludes halogenated alkanes) is 12.